The van der Waals surface area contributed by atoms with Crippen LogP contribution in [0.2, 0.25) is 0 Å². The van der Waals surface area contributed by atoms with Gasteiger partial charge in [0.25, 0.3) is 0 Å². The molecule has 6 aromatic carbocycles. The molecule has 1 heteroatoms. The first kappa shape index (κ1) is 25.8. The molecule has 42 heavy (non-hydrogen) atoms. The topological polar surface area (TPSA) is 4.93 Å². The lowest BCUT2D eigenvalue weighted by atomic mass is 9.91. The molecule has 1 aromatic heterocycles. The van der Waals surface area contributed by atoms with Crippen LogP contribution in [0.4, 0.5) is 0 Å². The first-order chi connectivity index (χ1) is 20.6. The van der Waals surface area contributed by atoms with Crippen LogP contribution in [0.5, 0.6) is 0 Å². The maximum Gasteiger partial charge on any atom is 0.0547 e. The Morgan fingerprint density at radius 2 is 1.31 bits per heavy atom. The minimum atomic E-state index is 1.17. The second-order valence-corrected chi connectivity index (χ2v) is 11.1. The molecule has 1 nitrogen and oxygen atoms in total. The van der Waals surface area contributed by atoms with E-state index >= 15 is 0 Å². The summed E-state index contributed by atoms with van der Waals surface area (Å²) in [5.41, 5.74) is 13.5. The molecular weight excluding hydrogens is 506 g/mol. The van der Waals surface area contributed by atoms with E-state index in [-0.39, 0.29) is 0 Å². The van der Waals surface area contributed by atoms with Crippen LogP contribution >= 0.6 is 0 Å². The number of allylic oxidation sites excluding steroid dienone is 1. The number of fused-ring (bicyclic) bond motifs is 2. The summed E-state index contributed by atoms with van der Waals surface area (Å²) in [4.78, 5) is 0. The second kappa shape index (κ2) is 10.7. The summed E-state index contributed by atoms with van der Waals surface area (Å²) in [5, 5.41) is 3.74. The summed E-state index contributed by atoms with van der Waals surface area (Å²) >= 11 is 0. The van der Waals surface area contributed by atoms with Gasteiger partial charge in [-0.25, -0.2) is 0 Å². The minimum absolute atomic E-state index is 1.17. The predicted molar refractivity (Wildman–Crippen MR) is 180 cm³/mol. The van der Waals surface area contributed by atoms with Crippen molar-refractivity contribution in [3.8, 4) is 28.1 Å². The van der Waals surface area contributed by atoms with E-state index in [0.29, 0.717) is 0 Å². The number of rotatable bonds is 5. The molecule has 0 amide bonds. The fourth-order valence-corrected chi connectivity index (χ4v) is 6.19. The highest BCUT2D eigenvalue weighted by molar-refractivity contribution is 6.00. The maximum absolute atomic E-state index is 2.43. The molecule has 0 aliphatic carbocycles. The van der Waals surface area contributed by atoms with Gasteiger partial charge in [-0.15, -0.1) is 0 Å². The Labute approximate surface area is 248 Å². The van der Waals surface area contributed by atoms with Crippen molar-refractivity contribution in [3.63, 3.8) is 0 Å². The number of aryl methyl sites for hydroxylation is 2. The number of nitrogens with zero attached hydrogens (tertiary/aromatic N) is 1. The van der Waals surface area contributed by atoms with Crippen LogP contribution in [-0.2, 0) is 0 Å². The molecule has 0 bridgehead atoms. The lowest BCUT2D eigenvalue weighted by Gasteiger charge is -2.15. The number of benzene rings is 6. The normalized spacial score (nSPS) is 11.8. The summed E-state index contributed by atoms with van der Waals surface area (Å²) in [6.45, 7) is 6.47. The molecule has 0 N–H and O–H groups in total. The van der Waals surface area contributed by atoms with Gasteiger partial charge in [0.1, 0.15) is 0 Å². The van der Waals surface area contributed by atoms with Crippen LogP contribution in [0.25, 0.3) is 55.3 Å². The zero-order chi connectivity index (χ0) is 28.6. The van der Waals surface area contributed by atoms with Crippen LogP contribution in [0, 0.1) is 13.8 Å². The Bertz CT molecular complexity index is 2080. The van der Waals surface area contributed by atoms with Crippen molar-refractivity contribution < 1.29 is 0 Å². The van der Waals surface area contributed by atoms with E-state index in [9.17, 15) is 0 Å². The predicted octanol–water partition coefficient (Wildman–Crippen LogP) is 11.2. The third-order valence-electron chi connectivity index (χ3n) is 8.40. The van der Waals surface area contributed by atoms with Crippen molar-refractivity contribution in [1.82, 2.24) is 4.57 Å². The Kier molecular flexibility index (Phi) is 6.56. The molecule has 1 heterocycles. The van der Waals surface area contributed by atoms with Gasteiger partial charge >= 0.3 is 0 Å². The first-order valence-electron chi connectivity index (χ1n) is 14.6. The maximum atomic E-state index is 2.43. The summed E-state index contributed by atoms with van der Waals surface area (Å²) in [6, 6.07) is 50.9. The molecule has 0 saturated heterocycles. The monoisotopic (exact) mass is 539 g/mol. The highest BCUT2D eigenvalue weighted by atomic mass is 15.0. The Hall–Kier alpha value is -5.14. The van der Waals surface area contributed by atoms with Crippen molar-refractivity contribution in [2.24, 2.45) is 0 Å². The number of hydrogen-bond donors (Lipinski definition) is 0. The lowest BCUT2D eigenvalue weighted by molar-refractivity contribution is 1.13. The highest BCUT2D eigenvalue weighted by Crippen LogP contribution is 2.38. The van der Waals surface area contributed by atoms with Crippen LogP contribution in [-0.4, -0.2) is 4.57 Å². The molecule has 0 aliphatic heterocycles. The van der Waals surface area contributed by atoms with Gasteiger partial charge in [0.05, 0.1) is 11.2 Å². The average molecular weight is 540 g/mol. The number of aromatic nitrogens is 1. The fourth-order valence-electron chi connectivity index (χ4n) is 6.19. The summed E-state index contributed by atoms with van der Waals surface area (Å²) in [6.07, 6.45) is 2.23. The van der Waals surface area contributed by atoms with Gasteiger partial charge in [0.15, 0.2) is 0 Å². The van der Waals surface area contributed by atoms with Gasteiger partial charge in [-0.1, -0.05) is 121 Å². The first-order valence-corrected chi connectivity index (χ1v) is 14.6. The zero-order valence-corrected chi connectivity index (χ0v) is 24.3. The van der Waals surface area contributed by atoms with E-state index in [1.54, 1.807) is 0 Å². The molecule has 7 aromatic rings. The Morgan fingerprint density at radius 3 is 2.12 bits per heavy atom. The SMILES string of the molecule is C/C=C(/c1ccccc1)c1cc(-c2ccc3cc(-c4cccc5ccccc45)n(-c4ccc(C)cc4)c3c2)ccc1C. The van der Waals surface area contributed by atoms with E-state index in [1.165, 1.54) is 77.6 Å². The molecule has 0 spiro atoms. The quantitative estimate of drug-likeness (QED) is 0.205. The van der Waals surface area contributed by atoms with Crippen molar-refractivity contribution in [2.75, 3.05) is 0 Å². The van der Waals surface area contributed by atoms with E-state index in [1.807, 2.05) is 0 Å². The van der Waals surface area contributed by atoms with E-state index in [0.717, 1.165) is 0 Å². The molecule has 0 fully saturated rings. The highest BCUT2D eigenvalue weighted by Gasteiger charge is 2.16. The molecule has 0 atom stereocenters. The smallest absolute Gasteiger partial charge is 0.0547 e. The molecule has 0 aliphatic rings. The van der Waals surface area contributed by atoms with Gasteiger partial charge in [-0.05, 0) is 95.3 Å². The van der Waals surface area contributed by atoms with E-state index in [4.69, 9.17) is 0 Å². The Balaban J connectivity index is 1.44. The van der Waals surface area contributed by atoms with Crippen molar-refractivity contribution in [2.45, 2.75) is 20.8 Å². The number of hydrogen-bond acceptors (Lipinski definition) is 0. The van der Waals surface area contributed by atoms with Crippen molar-refractivity contribution >= 4 is 27.2 Å². The minimum Gasteiger partial charge on any atom is -0.309 e. The molecule has 0 unspecified atom stereocenters. The second-order valence-electron chi connectivity index (χ2n) is 11.1. The Morgan fingerprint density at radius 1 is 0.595 bits per heavy atom. The van der Waals surface area contributed by atoms with Crippen LogP contribution in [0.3, 0.4) is 0 Å². The average Bonchev–Trinajstić information content (AvgIpc) is 3.41. The molecular formula is C41H33N. The van der Waals surface area contributed by atoms with Crippen molar-refractivity contribution in [3.05, 3.63) is 168 Å². The summed E-state index contributed by atoms with van der Waals surface area (Å²) < 4.78 is 2.43. The lowest BCUT2D eigenvalue weighted by Crippen LogP contribution is -1.98. The van der Waals surface area contributed by atoms with Crippen LogP contribution in [0.15, 0.2) is 146 Å². The van der Waals surface area contributed by atoms with Gasteiger partial charge in [-0.2, -0.15) is 0 Å². The van der Waals surface area contributed by atoms with E-state index < -0.39 is 0 Å². The fraction of sp³-hybridized carbons (Fsp3) is 0.0732. The molecule has 7 rings (SSSR count). The van der Waals surface area contributed by atoms with Gasteiger partial charge in [0.2, 0.25) is 0 Å². The van der Waals surface area contributed by atoms with Crippen LogP contribution < -0.4 is 0 Å². The molecule has 0 saturated carbocycles. The zero-order valence-electron chi connectivity index (χ0n) is 24.3. The van der Waals surface area contributed by atoms with E-state index in [2.05, 4.69) is 171 Å². The summed E-state index contributed by atoms with van der Waals surface area (Å²) in [5.74, 6) is 0. The third-order valence-corrected chi connectivity index (χ3v) is 8.40. The largest absolute Gasteiger partial charge is 0.309 e. The van der Waals surface area contributed by atoms with Crippen LogP contribution in [0.1, 0.15) is 29.2 Å². The van der Waals surface area contributed by atoms with Crippen molar-refractivity contribution in [1.29, 1.82) is 0 Å². The van der Waals surface area contributed by atoms with Gasteiger partial charge < -0.3 is 4.57 Å². The summed E-state index contributed by atoms with van der Waals surface area (Å²) in [7, 11) is 0. The van der Waals surface area contributed by atoms with Gasteiger partial charge in [0, 0.05) is 16.6 Å². The van der Waals surface area contributed by atoms with Gasteiger partial charge in [-0.3, -0.25) is 0 Å². The third kappa shape index (κ3) is 4.54. The standard InChI is InChI=1S/C41H33N/c1-4-36(30-11-6-5-7-12-30)39-25-32(20-19-29(39)3)33-21-22-34-27-41(38-16-10-14-31-13-8-9-15-37(31)38)42(40(34)26-33)35-23-17-28(2)18-24-35/h4-27H,1-3H3/b36-4-. The molecule has 0 radical (unpaired) electrons. The molecule has 202 valence electrons.